The number of para-hydroxylation sites is 1. The quantitative estimate of drug-likeness (QED) is 0.648. The van der Waals surface area contributed by atoms with E-state index in [9.17, 15) is 14.9 Å². The molecule has 1 unspecified atom stereocenters. The first-order valence-corrected chi connectivity index (χ1v) is 6.32. The Morgan fingerprint density at radius 3 is 2.62 bits per heavy atom. The second-order valence-electron chi connectivity index (χ2n) is 4.57. The van der Waals surface area contributed by atoms with Crippen LogP contribution in [0.4, 0.5) is 11.4 Å². The van der Waals surface area contributed by atoms with Crippen LogP contribution in [0.15, 0.2) is 48.5 Å². The largest absolute Gasteiger partial charge is 0.478 e. The van der Waals surface area contributed by atoms with Gasteiger partial charge < -0.3 is 10.4 Å². The molecule has 0 bridgehead atoms. The summed E-state index contributed by atoms with van der Waals surface area (Å²) in [5.74, 6) is -1.02. The van der Waals surface area contributed by atoms with E-state index in [0.717, 1.165) is 0 Å². The van der Waals surface area contributed by atoms with Crippen LogP contribution in [0.5, 0.6) is 0 Å². The number of hydrogen-bond acceptors (Lipinski definition) is 4. The molecule has 0 saturated carbocycles. The fraction of sp³-hybridized carbons (Fsp3) is 0.133. The molecular formula is C15H14N2O4. The van der Waals surface area contributed by atoms with Gasteiger partial charge in [-0.15, -0.1) is 0 Å². The minimum atomic E-state index is -1.02. The Bertz CT molecular complexity index is 685. The number of hydrogen-bond donors (Lipinski definition) is 2. The number of carboxylic acid groups (broad SMARTS) is 1. The van der Waals surface area contributed by atoms with Gasteiger partial charge >= 0.3 is 5.97 Å². The van der Waals surface area contributed by atoms with Crippen molar-refractivity contribution in [3.8, 4) is 0 Å². The summed E-state index contributed by atoms with van der Waals surface area (Å²) in [6.45, 7) is 1.79. The Labute approximate surface area is 121 Å². The zero-order valence-corrected chi connectivity index (χ0v) is 11.3. The summed E-state index contributed by atoms with van der Waals surface area (Å²) >= 11 is 0. The lowest BCUT2D eigenvalue weighted by molar-refractivity contribution is -0.385. The summed E-state index contributed by atoms with van der Waals surface area (Å²) in [7, 11) is 0. The number of aromatic carboxylic acids is 1. The van der Waals surface area contributed by atoms with Gasteiger partial charge in [0.1, 0.15) is 0 Å². The van der Waals surface area contributed by atoms with Gasteiger partial charge in [0.2, 0.25) is 0 Å². The Morgan fingerprint density at radius 1 is 1.24 bits per heavy atom. The van der Waals surface area contributed by atoms with E-state index in [4.69, 9.17) is 5.11 Å². The number of nitrogens with one attached hydrogen (secondary N) is 1. The maximum Gasteiger partial charge on any atom is 0.335 e. The van der Waals surface area contributed by atoms with Crippen LogP contribution in [0.2, 0.25) is 0 Å². The van der Waals surface area contributed by atoms with Crippen molar-refractivity contribution < 1.29 is 14.8 Å². The average Bonchev–Trinajstić information content (AvgIpc) is 2.47. The molecular weight excluding hydrogens is 272 g/mol. The first-order chi connectivity index (χ1) is 9.99. The topological polar surface area (TPSA) is 92.5 Å². The molecule has 1 atom stereocenters. The third-order valence-electron chi connectivity index (χ3n) is 3.09. The van der Waals surface area contributed by atoms with Crippen molar-refractivity contribution in [3.63, 3.8) is 0 Å². The summed E-state index contributed by atoms with van der Waals surface area (Å²) in [4.78, 5) is 21.5. The zero-order valence-electron chi connectivity index (χ0n) is 11.3. The van der Waals surface area contributed by atoms with E-state index < -0.39 is 10.9 Å². The molecule has 0 amide bonds. The van der Waals surface area contributed by atoms with E-state index in [-0.39, 0.29) is 17.3 Å². The molecule has 0 fully saturated rings. The lowest BCUT2D eigenvalue weighted by Crippen LogP contribution is -2.09. The number of nitro groups is 1. The highest BCUT2D eigenvalue weighted by molar-refractivity contribution is 5.88. The summed E-state index contributed by atoms with van der Waals surface area (Å²) in [5.41, 5.74) is 1.34. The third-order valence-corrected chi connectivity index (χ3v) is 3.09. The fourth-order valence-electron chi connectivity index (χ4n) is 2.09. The second kappa shape index (κ2) is 6.04. The Kier molecular flexibility index (Phi) is 4.18. The molecule has 6 nitrogen and oxygen atoms in total. The van der Waals surface area contributed by atoms with E-state index in [0.29, 0.717) is 11.3 Å². The van der Waals surface area contributed by atoms with Gasteiger partial charge in [0, 0.05) is 11.8 Å². The molecule has 0 aliphatic carbocycles. The van der Waals surface area contributed by atoms with Crippen LogP contribution < -0.4 is 5.32 Å². The zero-order chi connectivity index (χ0) is 15.4. The minimum absolute atomic E-state index is 0.0342. The molecule has 0 aliphatic heterocycles. The molecule has 0 heterocycles. The maximum absolute atomic E-state index is 11.0. The van der Waals surface area contributed by atoms with E-state index in [1.54, 1.807) is 37.3 Å². The van der Waals surface area contributed by atoms with E-state index in [2.05, 4.69) is 5.32 Å². The van der Waals surface area contributed by atoms with Crippen LogP contribution in [0, 0.1) is 10.1 Å². The summed E-state index contributed by atoms with van der Waals surface area (Å²) < 4.78 is 0. The highest BCUT2D eigenvalue weighted by atomic mass is 16.6. The Hall–Kier alpha value is -2.89. The normalized spacial score (nSPS) is 11.7. The molecule has 108 valence electrons. The molecule has 0 saturated heterocycles. The molecule has 0 aliphatic rings. The number of carbonyl (C=O) groups is 1. The third kappa shape index (κ3) is 3.36. The first kappa shape index (κ1) is 14.5. The molecule has 0 spiro atoms. The van der Waals surface area contributed by atoms with Crippen molar-refractivity contribution in [2.75, 3.05) is 5.32 Å². The van der Waals surface area contributed by atoms with Crippen LogP contribution >= 0.6 is 0 Å². The average molecular weight is 286 g/mol. The van der Waals surface area contributed by atoms with Gasteiger partial charge in [-0.3, -0.25) is 10.1 Å². The predicted octanol–water partition coefficient (Wildman–Crippen LogP) is 3.47. The van der Waals surface area contributed by atoms with Crippen LogP contribution in [0.1, 0.15) is 28.9 Å². The van der Waals surface area contributed by atoms with E-state index >= 15 is 0 Å². The minimum Gasteiger partial charge on any atom is -0.478 e. The summed E-state index contributed by atoms with van der Waals surface area (Å²) in [6, 6.07) is 12.5. The standard InChI is InChI=1S/C15H14N2O4/c1-10(13-7-2-3-8-14(13)17(20)21)16-12-6-4-5-11(9-12)15(18)19/h2-10,16H,1H3,(H,18,19). The Morgan fingerprint density at radius 2 is 1.95 bits per heavy atom. The van der Waals surface area contributed by atoms with Gasteiger partial charge in [0.25, 0.3) is 5.69 Å². The highest BCUT2D eigenvalue weighted by Crippen LogP contribution is 2.27. The lowest BCUT2D eigenvalue weighted by atomic mass is 10.1. The van der Waals surface area contributed by atoms with Gasteiger partial charge in [-0.1, -0.05) is 24.3 Å². The molecule has 21 heavy (non-hydrogen) atoms. The molecule has 0 aromatic heterocycles. The summed E-state index contributed by atoms with van der Waals surface area (Å²) in [6.07, 6.45) is 0. The maximum atomic E-state index is 11.0. The van der Waals surface area contributed by atoms with Gasteiger partial charge in [-0.25, -0.2) is 4.79 Å². The van der Waals surface area contributed by atoms with E-state index in [1.165, 1.54) is 18.2 Å². The van der Waals surface area contributed by atoms with Gasteiger partial charge in [0.05, 0.1) is 22.1 Å². The molecule has 2 aromatic rings. The predicted molar refractivity (Wildman–Crippen MR) is 78.5 cm³/mol. The number of benzene rings is 2. The second-order valence-corrected chi connectivity index (χ2v) is 4.57. The van der Waals surface area contributed by atoms with Crippen molar-refractivity contribution in [2.24, 2.45) is 0 Å². The van der Waals surface area contributed by atoms with E-state index in [1.807, 2.05) is 0 Å². The Balaban J connectivity index is 2.26. The van der Waals surface area contributed by atoms with Crippen molar-refractivity contribution in [2.45, 2.75) is 13.0 Å². The highest BCUT2D eigenvalue weighted by Gasteiger charge is 2.18. The number of rotatable bonds is 5. The van der Waals surface area contributed by atoms with Gasteiger partial charge in [-0.05, 0) is 25.1 Å². The van der Waals surface area contributed by atoms with Crippen LogP contribution in [0.3, 0.4) is 0 Å². The number of anilines is 1. The van der Waals surface area contributed by atoms with Gasteiger partial charge in [0.15, 0.2) is 0 Å². The molecule has 0 radical (unpaired) electrons. The number of nitrogens with zero attached hydrogens (tertiary/aromatic N) is 1. The number of nitro benzene ring substituents is 1. The molecule has 2 N–H and O–H groups in total. The molecule has 2 aromatic carbocycles. The molecule has 6 heteroatoms. The van der Waals surface area contributed by atoms with Crippen molar-refractivity contribution >= 4 is 17.3 Å². The van der Waals surface area contributed by atoms with Crippen LogP contribution in [-0.2, 0) is 0 Å². The van der Waals surface area contributed by atoms with Crippen LogP contribution in [0.25, 0.3) is 0 Å². The van der Waals surface area contributed by atoms with Crippen molar-refractivity contribution in [1.82, 2.24) is 0 Å². The van der Waals surface area contributed by atoms with Crippen molar-refractivity contribution in [3.05, 3.63) is 69.8 Å². The SMILES string of the molecule is CC(Nc1cccc(C(=O)O)c1)c1ccccc1[N+](=O)[O-]. The van der Waals surface area contributed by atoms with Gasteiger partial charge in [-0.2, -0.15) is 0 Å². The monoisotopic (exact) mass is 286 g/mol. The number of carboxylic acids is 1. The first-order valence-electron chi connectivity index (χ1n) is 6.32. The lowest BCUT2D eigenvalue weighted by Gasteiger charge is -2.16. The van der Waals surface area contributed by atoms with Crippen LogP contribution in [-0.4, -0.2) is 16.0 Å². The van der Waals surface area contributed by atoms with Crippen molar-refractivity contribution in [1.29, 1.82) is 0 Å². The molecule has 2 rings (SSSR count). The summed E-state index contributed by atoms with van der Waals surface area (Å²) in [5, 5.41) is 23.1. The smallest absolute Gasteiger partial charge is 0.335 e. The fourth-order valence-corrected chi connectivity index (χ4v) is 2.09.